The number of aliphatic hydroxyl groups excluding tert-OH is 1. The van der Waals surface area contributed by atoms with Crippen LogP contribution in [0.15, 0.2) is 0 Å². The number of phosphoric acid groups is 2. The Morgan fingerprint density at radius 3 is 0.618 bits per heavy atom. The fourth-order valence-corrected chi connectivity index (χ4v) is 15.9. The Morgan fingerprint density at radius 1 is 0.245 bits per heavy atom. The van der Waals surface area contributed by atoms with Crippen LogP contribution in [0, 0.1) is 5.92 Å². The van der Waals surface area contributed by atoms with Gasteiger partial charge in [0.2, 0.25) is 0 Å². The van der Waals surface area contributed by atoms with Gasteiger partial charge in [-0.15, -0.1) is 0 Å². The smallest absolute Gasteiger partial charge is 0.462 e. The number of esters is 4. The van der Waals surface area contributed by atoms with Gasteiger partial charge in [0.1, 0.15) is 19.3 Å². The van der Waals surface area contributed by atoms with E-state index in [0.717, 1.165) is 95.8 Å². The SMILES string of the molecule is CCCCCCCCCCCCCCCCCCCCCCCCC(=O)O[C@H](COC(=O)CCCCCCCCCCCCCCCCCCC(C)C)COP(=O)(O)OC[C@@H](O)COP(=O)(O)OC[C@@H](COC(=O)CCCCCCCCCCCC)OC(=O)CCCCCCCCCCCCCCCCCCCCC. The van der Waals surface area contributed by atoms with Gasteiger partial charge in [-0.25, -0.2) is 9.13 Å². The minimum Gasteiger partial charge on any atom is -0.462 e. The minimum atomic E-state index is -4.97. The molecule has 19 heteroatoms. The normalized spacial score (nSPS) is 13.7. The van der Waals surface area contributed by atoms with Crippen molar-refractivity contribution >= 4 is 39.5 Å². The average molecular weight is 1610 g/mol. The van der Waals surface area contributed by atoms with Crippen LogP contribution in [0.3, 0.4) is 0 Å². The summed E-state index contributed by atoms with van der Waals surface area (Å²) in [6, 6.07) is 0. The molecule has 0 aliphatic rings. The molecular weight excluding hydrogens is 1430 g/mol. The van der Waals surface area contributed by atoms with E-state index >= 15 is 0 Å². The van der Waals surface area contributed by atoms with Crippen LogP contribution >= 0.6 is 15.6 Å². The van der Waals surface area contributed by atoms with Gasteiger partial charge >= 0.3 is 39.5 Å². The van der Waals surface area contributed by atoms with Gasteiger partial charge < -0.3 is 33.8 Å². The maximum Gasteiger partial charge on any atom is 0.472 e. The number of aliphatic hydroxyl groups is 1. The van der Waals surface area contributed by atoms with Gasteiger partial charge in [-0.2, -0.15) is 0 Å². The quantitative estimate of drug-likeness (QED) is 0.0222. The third-order valence-corrected chi connectivity index (χ3v) is 23.4. The van der Waals surface area contributed by atoms with Crippen LogP contribution in [-0.2, 0) is 65.4 Å². The number of carbonyl (C=O) groups is 4. The number of hydrogen-bond donors (Lipinski definition) is 3. The first-order chi connectivity index (χ1) is 53.5. The van der Waals surface area contributed by atoms with E-state index in [0.29, 0.717) is 25.7 Å². The molecule has 110 heavy (non-hydrogen) atoms. The Hall–Kier alpha value is -1.94. The third kappa shape index (κ3) is 84.0. The monoisotopic (exact) mass is 1610 g/mol. The van der Waals surface area contributed by atoms with Crippen molar-refractivity contribution in [3.63, 3.8) is 0 Å². The van der Waals surface area contributed by atoms with E-state index in [9.17, 15) is 43.2 Å². The Kier molecular flexibility index (Phi) is 82.1. The van der Waals surface area contributed by atoms with Crippen LogP contribution in [0.2, 0.25) is 0 Å². The number of carbonyl (C=O) groups excluding carboxylic acids is 4. The van der Waals surface area contributed by atoms with Crippen LogP contribution in [0.4, 0.5) is 0 Å². The van der Waals surface area contributed by atoms with Crippen molar-refractivity contribution in [3.8, 4) is 0 Å². The maximum atomic E-state index is 13.2. The number of unbranched alkanes of at least 4 members (excludes halogenated alkanes) is 63. The molecule has 0 aromatic rings. The lowest BCUT2D eigenvalue weighted by Crippen LogP contribution is -2.30. The molecule has 0 aliphatic carbocycles. The van der Waals surface area contributed by atoms with Crippen molar-refractivity contribution in [2.45, 2.75) is 515 Å². The summed E-state index contributed by atoms with van der Waals surface area (Å²) in [5.41, 5.74) is 0. The van der Waals surface area contributed by atoms with Crippen LogP contribution in [-0.4, -0.2) is 96.7 Å². The van der Waals surface area contributed by atoms with Crippen molar-refractivity contribution in [2.75, 3.05) is 39.6 Å². The van der Waals surface area contributed by atoms with Gasteiger partial charge in [0.05, 0.1) is 26.4 Å². The standard InChI is InChI=1S/C91H178O17P2/c1-6-9-12-15-18-21-24-26-28-30-32-33-34-36-38-44-48-52-57-62-67-72-77-91(96)108-87(81-102-89(94)75-70-65-60-55-50-46-42-40-39-41-45-49-53-58-63-68-73-84(4)5)83-106-110(99,100)104-79-85(92)78-103-109(97,98)105-82-86(80-101-88(93)74-69-64-59-54-23-20-17-14-11-8-3)107-90(95)76-71-66-61-56-51-47-43-37-35-31-29-27-25-22-19-16-13-10-7-2/h84-87,92H,6-83H2,1-5H3,(H,97,98)(H,99,100)/t85-,86+,87+/m0/s1. The zero-order valence-electron chi connectivity index (χ0n) is 72.4. The van der Waals surface area contributed by atoms with Crippen molar-refractivity contribution in [1.82, 2.24) is 0 Å². The Bertz CT molecular complexity index is 2080. The molecular formula is C91H178O17P2. The van der Waals surface area contributed by atoms with E-state index in [1.807, 2.05) is 0 Å². The first-order valence-electron chi connectivity index (χ1n) is 47.1. The van der Waals surface area contributed by atoms with Gasteiger partial charge in [-0.1, -0.05) is 446 Å². The number of ether oxygens (including phenoxy) is 4. The maximum absolute atomic E-state index is 13.2. The molecule has 0 radical (unpaired) electrons. The van der Waals surface area contributed by atoms with Crippen molar-refractivity contribution < 1.29 is 80.2 Å². The lowest BCUT2D eigenvalue weighted by atomic mass is 10.0. The van der Waals surface area contributed by atoms with E-state index in [1.165, 1.54) is 321 Å². The predicted octanol–water partition coefficient (Wildman–Crippen LogP) is 28.3. The summed E-state index contributed by atoms with van der Waals surface area (Å²) in [6.07, 6.45) is 79.3. The molecule has 0 aromatic heterocycles. The summed E-state index contributed by atoms with van der Waals surface area (Å²) < 4.78 is 69.0. The zero-order valence-corrected chi connectivity index (χ0v) is 74.2. The Morgan fingerprint density at radius 2 is 0.418 bits per heavy atom. The number of hydrogen-bond acceptors (Lipinski definition) is 15. The van der Waals surface area contributed by atoms with Crippen LogP contribution < -0.4 is 0 Å². The largest absolute Gasteiger partial charge is 0.472 e. The average Bonchev–Trinajstić information content (AvgIpc) is 0.898. The molecule has 0 heterocycles. The molecule has 0 amide bonds. The van der Waals surface area contributed by atoms with Crippen molar-refractivity contribution in [3.05, 3.63) is 0 Å². The summed E-state index contributed by atoms with van der Waals surface area (Å²) in [5.74, 6) is -1.28. The second kappa shape index (κ2) is 83.5. The highest BCUT2D eigenvalue weighted by atomic mass is 31.2. The first-order valence-corrected chi connectivity index (χ1v) is 50.1. The highest BCUT2D eigenvalue weighted by Gasteiger charge is 2.31. The molecule has 0 saturated heterocycles. The highest BCUT2D eigenvalue weighted by molar-refractivity contribution is 7.47. The molecule has 0 fully saturated rings. The molecule has 654 valence electrons. The minimum absolute atomic E-state index is 0.109. The summed E-state index contributed by atoms with van der Waals surface area (Å²) in [5, 5.41) is 10.7. The van der Waals surface area contributed by atoms with Crippen LogP contribution in [0.25, 0.3) is 0 Å². The summed E-state index contributed by atoms with van der Waals surface area (Å²) >= 11 is 0. The zero-order chi connectivity index (χ0) is 80.4. The van der Waals surface area contributed by atoms with Gasteiger partial charge in [0.25, 0.3) is 0 Å². The second-order valence-electron chi connectivity index (χ2n) is 33.2. The van der Waals surface area contributed by atoms with E-state index in [2.05, 4.69) is 34.6 Å². The predicted molar refractivity (Wildman–Crippen MR) is 455 cm³/mol. The van der Waals surface area contributed by atoms with Crippen molar-refractivity contribution in [2.24, 2.45) is 5.92 Å². The Labute approximate surface area is 677 Å². The fourth-order valence-electron chi connectivity index (χ4n) is 14.4. The third-order valence-electron chi connectivity index (χ3n) is 21.5. The van der Waals surface area contributed by atoms with Crippen LogP contribution in [0.5, 0.6) is 0 Å². The summed E-state index contributed by atoms with van der Waals surface area (Å²) in [6.45, 7) is 7.42. The van der Waals surface area contributed by atoms with Crippen molar-refractivity contribution in [1.29, 1.82) is 0 Å². The molecule has 3 N–H and O–H groups in total. The lowest BCUT2D eigenvalue weighted by molar-refractivity contribution is -0.161. The molecule has 0 aliphatic heterocycles. The highest BCUT2D eigenvalue weighted by Crippen LogP contribution is 2.45. The van der Waals surface area contributed by atoms with Crippen LogP contribution in [0.1, 0.15) is 497 Å². The van der Waals surface area contributed by atoms with Gasteiger partial charge in [0.15, 0.2) is 12.2 Å². The summed E-state index contributed by atoms with van der Waals surface area (Å²) in [4.78, 5) is 73.4. The molecule has 0 bridgehead atoms. The first kappa shape index (κ1) is 108. The number of phosphoric ester groups is 2. The molecule has 0 saturated carbocycles. The van der Waals surface area contributed by atoms with E-state index < -0.39 is 97.5 Å². The molecule has 17 nitrogen and oxygen atoms in total. The second-order valence-corrected chi connectivity index (χ2v) is 36.1. The molecule has 0 rings (SSSR count). The number of rotatable bonds is 91. The molecule has 5 atom stereocenters. The van der Waals surface area contributed by atoms with E-state index in [1.54, 1.807) is 0 Å². The molecule has 2 unspecified atom stereocenters. The van der Waals surface area contributed by atoms with E-state index in [4.69, 9.17) is 37.0 Å². The van der Waals surface area contributed by atoms with E-state index in [-0.39, 0.29) is 25.7 Å². The molecule has 0 spiro atoms. The fraction of sp³-hybridized carbons (Fsp3) is 0.956. The Balaban J connectivity index is 5.21. The topological polar surface area (TPSA) is 237 Å². The van der Waals surface area contributed by atoms with Gasteiger partial charge in [-0.3, -0.25) is 37.3 Å². The van der Waals surface area contributed by atoms with Gasteiger partial charge in [0, 0.05) is 25.7 Å². The lowest BCUT2D eigenvalue weighted by Gasteiger charge is -2.21. The van der Waals surface area contributed by atoms with Gasteiger partial charge in [-0.05, 0) is 31.6 Å². The molecule has 0 aromatic carbocycles. The summed E-state index contributed by atoms with van der Waals surface area (Å²) in [7, 11) is -9.93.